The van der Waals surface area contributed by atoms with Gasteiger partial charge in [0.25, 0.3) is 0 Å². The van der Waals surface area contributed by atoms with Crippen molar-refractivity contribution in [3.63, 3.8) is 0 Å². The maximum atomic E-state index is 2.36. The largest absolute Gasteiger partial charge is 0.311 e. The highest BCUT2D eigenvalue weighted by atomic mass is 15.1. The molecule has 0 fully saturated rings. The summed E-state index contributed by atoms with van der Waals surface area (Å²) in [4.78, 5) is 2.30. The van der Waals surface area contributed by atoms with Gasteiger partial charge in [0, 0.05) is 17.1 Å². The van der Waals surface area contributed by atoms with Gasteiger partial charge in [0.2, 0.25) is 0 Å². The Kier molecular flexibility index (Phi) is 8.79. The van der Waals surface area contributed by atoms with E-state index in [1.165, 1.54) is 77.5 Å². The van der Waals surface area contributed by atoms with E-state index in [-0.39, 0.29) is 0 Å². The second-order valence-electron chi connectivity index (χ2n) is 15.6. The van der Waals surface area contributed by atoms with E-state index in [1.807, 2.05) is 0 Å². The van der Waals surface area contributed by atoms with Gasteiger partial charge in [0.05, 0.1) is 5.41 Å². The molecule has 0 atom stereocenters. The molecular weight excluding hydrogens is 723 g/mol. The third kappa shape index (κ3) is 5.70. The Labute approximate surface area is 352 Å². The first kappa shape index (κ1) is 35.4. The van der Waals surface area contributed by atoms with Gasteiger partial charge in [0.15, 0.2) is 0 Å². The van der Waals surface area contributed by atoms with Crippen LogP contribution < -0.4 is 4.90 Å². The molecule has 10 aromatic carbocycles. The van der Waals surface area contributed by atoms with Crippen molar-refractivity contribution in [2.24, 2.45) is 0 Å². The SMILES string of the molecule is c1ccc(-c2c3c(c4ccccc4c2-c2ccc(-c4ccc(N(c5ccccc5)c5ccccc5)cc4)cc2)C(c2ccccc2)(c2ccccc2)c2ccccc2-3)cc1. The van der Waals surface area contributed by atoms with Crippen molar-refractivity contribution in [2.45, 2.75) is 5.41 Å². The Morgan fingerprint density at radius 3 is 1.23 bits per heavy atom. The van der Waals surface area contributed by atoms with Gasteiger partial charge < -0.3 is 4.90 Å². The molecule has 60 heavy (non-hydrogen) atoms. The first-order valence-corrected chi connectivity index (χ1v) is 20.8. The smallest absolute Gasteiger partial charge is 0.0719 e. The molecule has 0 spiro atoms. The number of benzene rings is 10. The summed E-state index contributed by atoms with van der Waals surface area (Å²) in [5.74, 6) is 0. The average molecular weight is 764 g/mol. The van der Waals surface area contributed by atoms with Gasteiger partial charge in [-0.15, -0.1) is 0 Å². The fourth-order valence-electron chi connectivity index (χ4n) is 9.83. The van der Waals surface area contributed by atoms with Crippen LogP contribution in [0.15, 0.2) is 249 Å². The molecule has 0 aromatic heterocycles. The predicted molar refractivity (Wildman–Crippen MR) is 252 cm³/mol. The Morgan fingerprint density at radius 2 is 0.667 bits per heavy atom. The van der Waals surface area contributed by atoms with Crippen LogP contribution in [0.25, 0.3) is 55.3 Å². The predicted octanol–water partition coefficient (Wildman–Crippen LogP) is 15.7. The van der Waals surface area contributed by atoms with Gasteiger partial charge in [0.1, 0.15) is 0 Å². The molecule has 1 aliphatic carbocycles. The minimum absolute atomic E-state index is 0.525. The van der Waals surface area contributed by atoms with Crippen LogP contribution >= 0.6 is 0 Å². The first-order chi connectivity index (χ1) is 29.8. The molecule has 10 aromatic rings. The quantitative estimate of drug-likeness (QED) is 0.149. The van der Waals surface area contributed by atoms with E-state index in [0.29, 0.717) is 0 Å². The van der Waals surface area contributed by atoms with E-state index in [4.69, 9.17) is 0 Å². The molecule has 0 N–H and O–H groups in total. The van der Waals surface area contributed by atoms with E-state index in [2.05, 4.69) is 254 Å². The van der Waals surface area contributed by atoms with E-state index < -0.39 is 5.41 Å². The summed E-state index contributed by atoms with van der Waals surface area (Å²) in [7, 11) is 0. The van der Waals surface area contributed by atoms with Crippen molar-refractivity contribution in [3.8, 4) is 44.5 Å². The topological polar surface area (TPSA) is 3.24 Å². The monoisotopic (exact) mass is 763 g/mol. The van der Waals surface area contributed by atoms with E-state index in [9.17, 15) is 0 Å². The van der Waals surface area contributed by atoms with Crippen molar-refractivity contribution in [1.29, 1.82) is 0 Å². The molecule has 0 amide bonds. The minimum Gasteiger partial charge on any atom is -0.311 e. The number of hydrogen-bond donors (Lipinski definition) is 0. The van der Waals surface area contributed by atoms with E-state index in [0.717, 1.165) is 17.1 Å². The Morgan fingerprint density at radius 1 is 0.267 bits per heavy atom. The van der Waals surface area contributed by atoms with Crippen molar-refractivity contribution >= 4 is 27.8 Å². The molecule has 282 valence electrons. The molecular formula is C59H41N. The normalized spacial score (nSPS) is 12.5. The van der Waals surface area contributed by atoms with Crippen LogP contribution in [-0.2, 0) is 5.41 Å². The number of hydrogen-bond acceptors (Lipinski definition) is 1. The standard InChI is InChI=1S/C59H41N/c1-6-20-44(21-7-1)56-55(45-36-34-42(35-37-45)43-38-40-50(41-39-43)60(48-26-12-4-13-27-48)49-28-14-5-15-29-49)51-30-16-17-31-52(51)58-57(56)53-32-18-19-33-54(53)59(58,46-22-8-2-9-23-46)47-24-10-3-11-25-47/h1-41H. The van der Waals surface area contributed by atoms with Gasteiger partial charge in [-0.1, -0.05) is 212 Å². The summed E-state index contributed by atoms with van der Waals surface area (Å²) < 4.78 is 0. The van der Waals surface area contributed by atoms with Gasteiger partial charge in [-0.2, -0.15) is 0 Å². The second kappa shape index (κ2) is 14.9. The molecule has 1 aliphatic rings. The van der Waals surface area contributed by atoms with Crippen LogP contribution in [0.2, 0.25) is 0 Å². The molecule has 1 heteroatoms. The van der Waals surface area contributed by atoms with Crippen molar-refractivity contribution in [1.82, 2.24) is 0 Å². The first-order valence-electron chi connectivity index (χ1n) is 20.8. The lowest BCUT2D eigenvalue weighted by atomic mass is 9.66. The lowest BCUT2D eigenvalue weighted by molar-refractivity contribution is 0.775. The number of anilines is 3. The molecule has 1 nitrogen and oxygen atoms in total. The number of para-hydroxylation sites is 2. The van der Waals surface area contributed by atoms with Gasteiger partial charge in [-0.25, -0.2) is 0 Å². The maximum Gasteiger partial charge on any atom is 0.0719 e. The fourth-order valence-corrected chi connectivity index (χ4v) is 9.83. The number of fused-ring (bicyclic) bond motifs is 5. The van der Waals surface area contributed by atoms with E-state index >= 15 is 0 Å². The summed E-state index contributed by atoms with van der Waals surface area (Å²) in [6.45, 7) is 0. The zero-order chi connectivity index (χ0) is 39.9. The summed E-state index contributed by atoms with van der Waals surface area (Å²) in [6, 6.07) is 90.8. The lowest BCUT2D eigenvalue weighted by Crippen LogP contribution is -2.28. The van der Waals surface area contributed by atoms with Gasteiger partial charge in [-0.05, 0) is 114 Å². The highest BCUT2D eigenvalue weighted by Gasteiger charge is 2.48. The summed E-state index contributed by atoms with van der Waals surface area (Å²) in [6.07, 6.45) is 0. The number of rotatable bonds is 8. The Hall–Kier alpha value is -7.74. The Bertz CT molecular complexity index is 3010. The average Bonchev–Trinajstić information content (AvgIpc) is 3.65. The lowest BCUT2D eigenvalue weighted by Gasteiger charge is -2.35. The van der Waals surface area contributed by atoms with Crippen LogP contribution in [0.5, 0.6) is 0 Å². The van der Waals surface area contributed by atoms with Gasteiger partial charge >= 0.3 is 0 Å². The molecule has 11 rings (SSSR count). The maximum absolute atomic E-state index is 2.36. The summed E-state index contributed by atoms with van der Waals surface area (Å²) in [5.41, 5.74) is 17.9. The zero-order valence-electron chi connectivity index (χ0n) is 33.1. The van der Waals surface area contributed by atoms with Crippen LogP contribution in [0.3, 0.4) is 0 Å². The fraction of sp³-hybridized carbons (Fsp3) is 0.0169. The van der Waals surface area contributed by atoms with Crippen molar-refractivity contribution < 1.29 is 0 Å². The molecule has 0 unspecified atom stereocenters. The molecule has 0 saturated carbocycles. The molecule has 0 saturated heterocycles. The van der Waals surface area contributed by atoms with Gasteiger partial charge in [-0.3, -0.25) is 0 Å². The van der Waals surface area contributed by atoms with Crippen LogP contribution in [0, 0.1) is 0 Å². The summed E-state index contributed by atoms with van der Waals surface area (Å²) in [5, 5.41) is 2.52. The molecule has 0 aliphatic heterocycles. The molecule has 0 bridgehead atoms. The highest BCUT2D eigenvalue weighted by Crippen LogP contribution is 2.62. The van der Waals surface area contributed by atoms with Crippen molar-refractivity contribution in [3.05, 3.63) is 271 Å². The van der Waals surface area contributed by atoms with Crippen LogP contribution in [0.4, 0.5) is 17.1 Å². The number of nitrogens with zero attached hydrogens (tertiary/aromatic N) is 1. The minimum atomic E-state index is -0.525. The third-order valence-electron chi connectivity index (χ3n) is 12.3. The highest BCUT2D eigenvalue weighted by molar-refractivity contribution is 6.15. The molecule has 0 heterocycles. The zero-order valence-corrected chi connectivity index (χ0v) is 33.1. The van der Waals surface area contributed by atoms with Crippen LogP contribution in [0.1, 0.15) is 22.3 Å². The van der Waals surface area contributed by atoms with Crippen LogP contribution in [-0.4, -0.2) is 0 Å². The third-order valence-corrected chi connectivity index (χ3v) is 12.3. The Balaban J connectivity index is 1.11. The summed E-state index contributed by atoms with van der Waals surface area (Å²) >= 11 is 0. The molecule has 0 radical (unpaired) electrons. The van der Waals surface area contributed by atoms with E-state index in [1.54, 1.807) is 0 Å². The second-order valence-corrected chi connectivity index (χ2v) is 15.6. The van der Waals surface area contributed by atoms with Crippen molar-refractivity contribution in [2.75, 3.05) is 4.90 Å².